The zero-order valence-electron chi connectivity index (χ0n) is 17.6. The number of benzene rings is 1. The number of rotatable bonds is 5. The third-order valence-corrected chi connectivity index (χ3v) is 5.70. The maximum Gasteiger partial charge on any atom is 0.243 e. The summed E-state index contributed by atoms with van der Waals surface area (Å²) in [5.41, 5.74) is 0.310. The second kappa shape index (κ2) is 7.67. The van der Waals surface area contributed by atoms with Crippen LogP contribution in [0, 0.1) is 0 Å². The maximum atomic E-state index is 12.7. The van der Waals surface area contributed by atoms with Gasteiger partial charge in [0.15, 0.2) is 0 Å². The minimum Gasteiger partial charge on any atom is -0.309 e. The molecule has 0 bridgehead atoms. The van der Waals surface area contributed by atoms with Gasteiger partial charge in [0.05, 0.1) is 22.2 Å². The second-order valence-corrected chi connectivity index (χ2v) is 10.6. The first kappa shape index (κ1) is 22.1. The molecule has 0 saturated carbocycles. The molecule has 0 aliphatic rings. The molecule has 1 heterocycles. The summed E-state index contributed by atoms with van der Waals surface area (Å²) >= 11 is 0. The van der Waals surface area contributed by atoms with Gasteiger partial charge in [-0.2, -0.15) is 9.82 Å². The first-order chi connectivity index (χ1) is 12.7. The van der Waals surface area contributed by atoms with Crippen LogP contribution in [-0.2, 0) is 25.8 Å². The number of aromatic nitrogens is 2. The molecule has 0 aliphatic heterocycles. The van der Waals surface area contributed by atoms with Gasteiger partial charge in [-0.15, -0.1) is 0 Å². The molecule has 2 N–H and O–H groups in total. The van der Waals surface area contributed by atoms with Gasteiger partial charge in [-0.25, -0.2) is 13.1 Å². The van der Waals surface area contributed by atoms with Gasteiger partial charge in [0, 0.05) is 11.5 Å². The summed E-state index contributed by atoms with van der Waals surface area (Å²) in [7, 11) is -3.79. The molecular weight excluding hydrogens is 376 g/mol. The minimum absolute atomic E-state index is 0.115. The van der Waals surface area contributed by atoms with Crippen molar-refractivity contribution in [3.05, 3.63) is 42.1 Å². The van der Waals surface area contributed by atoms with E-state index < -0.39 is 22.0 Å². The predicted octanol–water partition coefficient (Wildman–Crippen LogP) is 3.24. The van der Waals surface area contributed by atoms with Gasteiger partial charge in [-0.05, 0) is 39.8 Å². The van der Waals surface area contributed by atoms with Crippen molar-refractivity contribution in [2.24, 2.45) is 0 Å². The van der Waals surface area contributed by atoms with Gasteiger partial charge >= 0.3 is 0 Å². The Morgan fingerprint density at radius 3 is 2.14 bits per heavy atom. The molecule has 0 unspecified atom stereocenters. The Labute approximate surface area is 167 Å². The van der Waals surface area contributed by atoms with Crippen LogP contribution >= 0.6 is 0 Å². The lowest BCUT2D eigenvalue weighted by atomic mass is 9.92. The Morgan fingerprint density at radius 2 is 1.64 bits per heavy atom. The van der Waals surface area contributed by atoms with Crippen molar-refractivity contribution >= 4 is 21.7 Å². The van der Waals surface area contributed by atoms with E-state index in [1.807, 2.05) is 47.6 Å². The van der Waals surface area contributed by atoms with Crippen LogP contribution in [0.2, 0.25) is 0 Å². The van der Waals surface area contributed by atoms with Gasteiger partial charge in [0.25, 0.3) is 0 Å². The third-order valence-electron chi connectivity index (χ3n) is 4.14. The molecule has 0 saturated heterocycles. The van der Waals surface area contributed by atoms with E-state index in [1.54, 1.807) is 22.9 Å². The third kappa shape index (κ3) is 5.20. The second-order valence-electron chi connectivity index (χ2n) is 8.89. The zero-order chi connectivity index (χ0) is 21.3. The fraction of sp³-hybridized carbons (Fsp3) is 0.500. The summed E-state index contributed by atoms with van der Waals surface area (Å²) in [5, 5.41) is 7.47. The van der Waals surface area contributed by atoms with Gasteiger partial charge in [-0.1, -0.05) is 39.0 Å². The van der Waals surface area contributed by atoms with Crippen LogP contribution in [0.1, 0.15) is 54.2 Å². The van der Waals surface area contributed by atoms with Gasteiger partial charge in [0.1, 0.15) is 5.82 Å². The highest BCUT2D eigenvalue weighted by molar-refractivity contribution is 7.89. The largest absolute Gasteiger partial charge is 0.309 e. The van der Waals surface area contributed by atoms with E-state index in [9.17, 15) is 13.2 Å². The summed E-state index contributed by atoms with van der Waals surface area (Å²) < 4.78 is 29.1. The molecule has 0 radical (unpaired) electrons. The standard InChI is InChI=1S/C20H30N4O3S/c1-14(23-28(26,27)15-11-9-8-10-12-15)18(25)21-17-13-16(19(2,3)4)22-24(17)20(5,6)7/h8-14,23H,1-7H3,(H,21,25)/t14-/m0/s1. The smallest absolute Gasteiger partial charge is 0.243 e. The SMILES string of the molecule is C[C@H](NS(=O)(=O)c1ccccc1)C(=O)Nc1cc(C(C)(C)C)nn1C(C)(C)C. The van der Waals surface area contributed by atoms with E-state index in [1.165, 1.54) is 19.1 Å². The van der Waals surface area contributed by atoms with Crippen LogP contribution < -0.4 is 10.0 Å². The minimum atomic E-state index is -3.79. The number of hydrogen-bond acceptors (Lipinski definition) is 4. The molecule has 1 aromatic heterocycles. The fourth-order valence-electron chi connectivity index (χ4n) is 2.54. The van der Waals surface area contributed by atoms with E-state index in [2.05, 4.69) is 15.1 Å². The topological polar surface area (TPSA) is 93.1 Å². The van der Waals surface area contributed by atoms with Crippen molar-refractivity contribution in [3.63, 3.8) is 0 Å². The number of hydrogen-bond donors (Lipinski definition) is 2. The molecule has 0 fully saturated rings. The normalized spacial score (nSPS) is 14.0. The summed E-state index contributed by atoms with van der Waals surface area (Å²) in [4.78, 5) is 12.8. The lowest BCUT2D eigenvalue weighted by Gasteiger charge is -2.23. The first-order valence-electron chi connectivity index (χ1n) is 9.21. The van der Waals surface area contributed by atoms with Gasteiger partial charge in [0.2, 0.25) is 15.9 Å². The summed E-state index contributed by atoms with van der Waals surface area (Å²) in [5.74, 6) is 0.0820. The summed E-state index contributed by atoms with van der Waals surface area (Å²) in [6, 6.07) is 8.85. The number of carbonyl (C=O) groups excluding carboxylic acids is 1. The molecule has 0 spiro atoms. The van der Waals surface area contributed by atoms with Crippen LogP contribution in [0.15, 0.2) is 41.3 Å². The van der Waals surface area contributed by atoms with Crippen LogP contribution in [0.4, 0.5) is 5.82 Å². The number of carbonyl (C=O) groups is 1. The Bertz CT molecular complexity index is 936. The average molecular weight is 407 g/mol. The highest BCUT2D eigenvalue weighted by atomic mass is 32.2. The fourth-order valence-corrected chi connectivity index (χ4v) is 3.76. The van der Waals surface area contributed by atoms with E-state index in [0.717, 1.165) is 5.69 Å². The monoisotopic (exact) mass is 406 g/mol. The number of nitrogens with one attached hydrogen (secondary N) is 2. The average Bonchev–Trinajstić information content (AvgIpc) is 2.99. The highest BCUT2D eigenvalue weighted by Crippen LogP contribution is 2.28. The number of sulfonamides is 1. The van der Waals surface area contributed by atoms with Crippen LogP contribution in [0.5, 0.6) is 0 Å². The molecule has 2 aromatic rings. The van der Waals surface area contributed by atoms with E-state index >= 15 is 0 Å². The lowest BCUT2D eigenvalue weighted by molar-refractivity contribution is -0.117. The van der Waals surface area contributed by atoms with Gasteiger partial charge in [-0.3, -0.25) is 4.79 Å². The predicted molar refractivity (Wildman–Crippen MR) is 111 cm³/mol. The van der Waals surface area contributed by atoms with Crippen LogP contribution in [-0.4, -0.2) is 30.1 Å². The Kier molecular flexibility index (Phi) is 6.06. The van der Waals surface area contributed by atoms with Crippen molar-refractivity contribution in [3.8, 4) is 0 Å². The Hall–Kier alpha value is -2.19. The lowest BCUT2D eigenvalue weighted by Crippen LogP contribution is -2.42. The quantitative estimate of drug-likeness (QED) is 0.797. The number of anilines is 1. The van der Waals surface area contributed by atoms with Crippen molar-refractivity contribution in [1.29, 1.82) is 0 Å². The number of amides is 1. The van der Waals surface area contributed by atoms with E-state index in [0.29, 0.717) is 5.82 Å². The van der Waals surface area contributed by atoms with Crippen molar-refractivity contribution in [1.82, 2.24) is 14.5 Å². The van der Waals surface area contributed by atoms with E-state index in [-0.39, 0.29) is 15.8 Å². The first-order valence-corrected chi connectivity index (χ1v) is 10.7. The molecule has 0 aliphatic carbocycles. The molecule has 7 nitrogen and oxygen atoms in total. The molecule has 1 amide bonds. The number of nitrogens with zero attached hydrogens (tertiary/aromatic N) is 2. The van der Waals surface area contributed by atoms with Crippen LogP contribution in [0.25, 0.3) is 0 Å². The highest BCUT2D eigenvalue weighted by Gasteiger charge is 2.28. The van der Waals surface area contributed by atoms with Crippen LogP contribution in [0.3, 0.4) is 0 Å². The van der Waals surface area contributed by atoms with E-state index in [4.69, 9.17) is 0 Å². The Balaban J connectivity index is 2.23. The summed E-state index contributed by atoms with van der Waals surface area (Å²) in [6.45, 7) is 13.6. The molecule has 154 valence electrons. The molecule has 2 rings (SSSR count). The zero-order valence-corrected chi connectivity index (χ0v) is 18.4. The summed E-state index contributed by atoms with van der Waals surface area (Å²) in [6.07, 6.45) is 0. The molecule has 1 aromatic carbocycles. The maximum absolute atomic E-state index is 12.7. The molecule has 1 atom stereocenters. The molecular formula is C20H30N4O3S. The Morgan fingerprint density at radius 1 is 1.07 bits per heavy atom. The van der Waals surface area contributed by atoms with Crippen molar-refractivity contribution < 1.29 is 13.2 Å². The van der Waals surface area contributed by atoms with Crippen molar-refractivity contribution in [2.75, 3.05) is 5.32 Å². The van der Waals surface area contributed by atoms with Crippen molar-refractivity contribution in [2.45, 2.75) is 70.4 Å². The molecule has 8 heteroatoms. The van der Waals surface area contributed by atoms with Gasteiger partial charge < -0.3 is 5.32 Å². The molecule has 28 heavy (non-hydrogen) atoms.